The summed E-state index contributed by atoms with van der Waals surface area (Å²) in [4.78, 5) is 0. The van der Waals surface area contributed by atoms with Crippen LogP contribution in [0.3, 0.4) is 0 Å². The van der Waals surface area contributed by atoms with Crippen LogP contribution < -0.4 is 4.74 Å². The van der Waals surface area contributed by atoms with E-state index in [2.05, 4.69) is 11.7 Å². The Morgan fingerprint density at radius 3 is 2.42 bits per heavy atom. The van der Waals surface area contributed by atoms with Gasteiger partial charge < -0.3 is 9.94 Å². The normalized spacial score (nSPS) is 10.9. The number of hydrogen-bond donors (Lipinski definition) is 1. The lowest BCUT2D eigenvalue weighted by molar-refractivity contribution is 0.284. The summed E-state index contributed by atoms with van der Waals surface area (Å²) >= 11 is 0. The van der Waals surface area contributed by atoms with Crippen molar-refractivity contribution in [2.75, 3.05) is 0 Å². The number of rotatable bonds is 8. The van der Waals surface area contributed by atoms with Gasteiger partial charge in [-0.3, -0.25) is 0 Å². The molecule has 5 nitrogen and oxygen atoms in total. The van der Waals surface area contributed by atoms with Gasteiger partial charge >= 0.3 is 0 Å². The molecule has 1 N–H and O–H groups in total. The van der Waals surface area contributed by atoms with E-state index in [1.807, 2.05) is 66.7 Å². The van der Waals surface area contributed by atoms with Gasteiger partial charge in [-0.2, -0.15) is 5.10 Å². The minimum Gasteiger partial charge on any atom is -0.472 e. The highest BCUT2D eigenvalue weighted by Crippen LogP contribution is 2.27. The van der Waals surface area contributed by atoms with Gasteiger partial charge in [0.2, 0.25) is 5.88 Å². The van der Waals surface area contributed by atoms with Gasteiger partial charge in [0.25, 0.3) is 0 Å². The van der Waals surface area contributed by atoms with Crippen LogP contribution in [0.5, 0.6) is 5.88 Å². The molecule has 0 saturated carbocycles. The van der Waals surface area contributed by atoms with Crippen LogP contribution in [0.1, 0.15) is 23.2 Å². The van der Waals surface area contributed by atoms with E-state index in [1.54, 1.807) is 4.68 Å². The Bertz CT molecular complexity index is 871. The molecule has 0 aliphatic heterocycles. The first kappa shape index (κ1) is 17.5. The second-order valence-electron chi connectivity index (χ2n) is 5.76. The first-order valence-electron chi connectivity index (χ1n) is 8.46. The number of hydrogen-bond acceptors (Lipinski definition) is 4. The lowest BCUT2D eigenvalue weighted by Crippen LogP contribution is -2.04. The molecule has 0 unspecified atom stereocenters. The number of nitrogens with zero attached hydrogens (tertiary/aromatic N) is 3. The number of allylic oxidation sites excluding steroid dienone is 1. The third-order valence-electron chi connectivity index (χ3n) is 3.95. The molecule has 5 heteroatoms. The van der Waals surface area contributed by atoms with E-state index in [0.717, 1.165) is 23.4 Å². The van der Waals surface area contributed by atoms with Gasteiger partial charge in [-0.25, -0.2) is 4.68 Å². The highest BCUT2D eigenvalue weighted by atomic mass is 16.5. The van der Waals surface area contributed by atoms with E-state index in [-0.39, 0.29) is 0 Å². The van der Waals surface area contributed by atoms with Crippen molar-refractivity contribution >= 4 is 6.21 Å². The second kappa shape index (κ2) is 8.67. The topological polar surface area (TPSA) is 59.6 Å². The molecular weight excluding hydrogens is 326 g/mol. The standard InChI is InChI=1S/C21H21N3O2/c1-2-3-14-20-19(15-22-25)21(26-16-17-10-6-4-7-11-17)24(23-20)18-12-8-5-9-13-18/h2,4-13,15,25H,1,3,14,16H2/b22-15+. The van der Waals surface area contributed by atoms with Gasteiger partial charge in [-0.1, -0.05) is 59.8 Å². The maximum atomic E-state index is 9.12. The molecule has 0 fully saturated rings. The minimum absolute atomic E-state index is 0.395. The van der Waals surface area contributed by atoms with Crippen LogP contribution in [0.2, 0.25) is 0 Å². The van der Waals surface area contributed by atoms with Gasteiger partial charge in [0, 0.05) is 0 Å². The largest absolute Gasteiger partial charge is 0.472 e. The summed E-state index contributed by atoms with van der Waals surface area (Å²) in [7, 11) is 0. The smallest absolute Gasteiger partial charge is 0.226 e. The number of aromatic nitrogens is 2. The Kier molecular flexibility index (Phi) is 5.83. The van der Waals surface area contributed by atoms with E-state index < -0.39 is 0 Å². The van der Waals surface area contributed by atoms with E-state index >= 15 is 0 Å². The number of benzene rings is 2. The molecule has 0 aliphatic rings. The Balaban J connectivity index is 2.02. The fourth-order valence-electron chi connectivity index (χ4n) is 2.68. The molecule has 3 rings (SSSR count). The molecule has 1 heterocycles. The SMILES string of the molecule is C=CCCc1nn(-c2ccccc2)c(OCc2ccccc2)c1/C=N/O. The number of para-hydroxylation sites is 1. The molecular formula is C21H21N3O2. The van der Waals surface area contributed by atoms with Gasteiger partial charge in [0.15, 0.2) is 0 Å². The van der Waals surface area contributed by atoms with E-state index in [4.69, 9.17) is 15.0 Å². The summed E-state index contributed by atoms with van der Waals surface area (Å²) in [5, 5.41) is 17.0. The van der Waals surface area contributed by atoms with Crippen LogP contribution in [0.25, 0.3) is 5.69 Å². The van der Waals surface area contributed by atoms with Crippen molar-refractivity contribution in [3.8, 4) is 11.6 Å². The van der Waals surface area contributed by atoms with Gasteiger partial charge in [-0.15, -0.1) is 6.58 Å². The van der Waals surface area contributed by atoms with Crippen LogP contribution in [0.15, 0.2) is 78.5 Å². The Hall–Kier alpha value is -3.34. The Morgan fingerprint density at radius 2 is 1.77 bits per heavy atom. The predicted octanol–water partition coefficient (Wildman–Crippen LogP) is 4.38. The zero-order chi connectivity index (χ0) is 18.2. The maximum absolute atomic E-state index is 9.12. The van der Waals surface area contributed by atoms with Crippen molar-refractivity contribution in [3.63, 3.8) is 0 Å². The summed E-state index contributed by atoms with van der Waals surface area (Å²) in [5.41, 5.74) is 3.41. The monoisotopic (exact) mass is 347 g/mol. The van der Waals surface area contributed by atoms with Crippen LogP contribution in [0.4, 0.5) is 0 Å². The van der Waals surface area contributed by atoms with Crippen LogP contribution in [-0.2, 0) is 13.0 Å². The Labute approximate surface area is 152 Å². The lowest BCUT2D eigenvalue weighted by Gasteiger charge is -2.10. The van der Waals surface area contributed by atoms with E-state index in [1.165, 1.54) is 6.21 Å². The predicted molar refractivity (Wildman–Crippen MR) is 102 cm³/mol. The molecule has 0 saturated heterocycles. The van der Waals surface area contributed by atoms with E-state index in [9.17, 15) is 0 Å². The molecule has 1 aromatic heterocycles. The highest BCUT2D eigenvalue weighted by Gasteiger charge is 2.19. The molecule has 2 aromatic carbocycles. The Morgan fingerprint density at radius 1 is 1.08 bits per heavy atom. The van der Waals surface area contributed by atoms with Crippen molar-refractivity contribution < 1.29 is 9.94 Å². The third-order valence-corrected chi connectivity index (χ3v) is 3.95. The van der Waals surface area contributed by atoms with Gasteiger partial charge in [0.1, 0.15) is 6.61 Å². The van der Waals surface area contributed by atoms with Crippen molar-refractivity contribution in [2.24, 2.45) is 5.16 Å². The number of oxime groups is 1. The summed E-state index contributed by atoms with van der Waals surface area (Å²) < 4.78 is 7.84. The molecule has 0 radical (unpaired) electrons. The summed E-state index contributed by atoms with van der Waals surface area (Å²) in [6.07, 6.45) is 4.68. The summed E-state index contributed by atoms with van der Waals surface area (Å²) in [5.74, 6) is 0.553. The quantitative estimate of drug-likeness (QED) is 0.285. The number of aryl methyl sites for hydroxylation is 1. The molecule has 26 heavy (non-hydrogen) atoms. The average molecular weight is 347 g/mol. The van der Waals surface area contributed by atoms with Crippen LogP contribution in [-0.4, -0.2) is 21.2 Å². The van der Waals surface area contributed by atoms with Crippen molar-refractivity contribution in [1.29, 1.82) is 0 Å². The fourth-order valence-corrected chi connectivity index (χ4v) is 2.68. The fraction of sp³-hybridized carbons (Fsp3) is 0.143. The van der Waals surface area contributed by atoms with Crippen molar-refractivity contribution in [2.45, 2.75) is 19.4 Å². The molecule has 0 spiro atoms. The zero-order valence-corrected chi connectivity index (χ0v) is 14.5. The maximum Gasteiger partial charge on any atom is 0.226 e. The minimum atomic E-state index is 0.395. The molecule has 0 bridgehead atoms. The lowest BCUT2D eigenvalue weighted by atomic mass is 10.1. The van der Waals surface area contributed by atoms with Crippen molar-refractivity contribution in [1.82, 2.24) is 9.78 Å². The first-order chi connectivity index (χ1) is 12.8. The molecule has 132 valence electrons. The molecule has 0 amide bonds. The molecule has 0 aliphatic carbocycles. The summed E-state index contributed by atoms with van der Waals surface area (Å²) in [6, 6.07) is 19.7. The highest BCUT2D eigenvalue weighted by molar-refractivity contribution is 5.84. The third kappa shape index (κ3) is 4.00. The molecule has 0 atom stereocenters. The van der Waals surface area contributed by atoms with Crippen LogP contribution >= 0.6 is 0 Å². The van der Waals surface area contributed by atoms with Gasteiger partial charge in [-0.05, 0) is 30.5 Å². The van der Waals surface area contributed by atoms with Crippen LogP contribution in [0, 0.1) is 0 Å². The van der Waals surface area contributed by atoms with E-state index in [0.29, 0.717) is 24.5 Å². The average Bonchev–Trinajstić information content (AvgIpc) is 3.04. The first-order valence-corrected chi connectivity index (χ1v) is 8.46. The number of ether oxygens (including phenoxy) is 1. The zero-order valence-electron chi connectivity index (χ0n) is 14.5. The van der Waals surface area contributed by atoms with Crippen molar-refractivity contribution in [3.05, 3.63) is 90.1 Å². The second-order valence-corrected chi connectivity index (χ2v) is 5.76. The molecule has 3 aromatic rings. The summed E-state index contributed by atoms with van der Waals surface area (Å²) in [6.45, 7) is 4.16. The van der Waals surface area contributed by atoms with Gasteiger partial charge in [0.05, 0.1) is 23.2 Å².